The average molecular weight is 259 g/mol. The quantitative estimate of drug-likeness (QED) is 0.746. The molecule has 0 saturated carbocycles. The predicted octanol–water partition coefficient (Wildman–Crippen LogP) is 1.14. The van der Waals surface area contributed by atoms with Gasteiger partial charge in [0.15, 0.2) is 0 Å². The lowest BCUT2D eigenvalue weighted by Gasteiger charge is -2.11. The van der Waals surface area contributed by atoms with Crippen LogP contribution in [0.15, 0.2) is 18.2 Å². The summed E-state index contributed by atoms with van der Waals surface area (Å²) in [4.78, 5) is 11.7. The minimum atomic E-state index is -0.529. The van der Waals surface area contributed by atoms with Gasteiger partial charge >= 0.3 is 0 Å². The standard InChI is InChI=1S/C11H12ClFN2O2/c12-8-3-6(1-2-9(8)13)15-11(17)10-4-7(16)5-14-10/h1-3,7,10,14,16H,4-5H2,(H,15,17). The van der Waals surface area contributed by atoms with Crippen molar-refractivity contribution in [1.82, 2.24) is 5.32 Å². The fourth-order valence-electron chi connectivity index (χ4n) is 1.72. The highest BCUT2D eigenvalue weighted by Crippen LogP contribution is 2.20. The first-order chi connectivity index (χ1) is 8.06. The van der Waals surface area contributed by atoms with Crippen LogP contribution in [0.2, 0.25) is 5.02 Å². The van der Waals surface area contributed by atoms with Gasteiger partial charge in [-0.1, -0.05) is 11.6 Å². The molecule has 1 aliphatic heterocycles. The van der Waals surface area contributed by atoms with Crippen LogP contribution in [-0.4, -0.2) is 29.7 Å². The number of halogens is 2. The van der Waals surface area contributed by atoms with Gasteiger partial charge in [-0.25, -0.2) is 4.39 Å². The van der Waals surface area contributed by atoms with Gasteiger partial charge < -0.3 is 15.7 Å². The number of benzene rings is 1. The van der Waals surface area contributed by atoms with E-state index in [2.05, 4.69) is 10.6 Å². The third kappa shape index (κ3) is 2.94. The number of anilines is 1. The Labute approximate surface area is 103 Å². The predicted molar refractivity (Wildman–Crippen MR) is 62.5 cm³/mol. The topological polar surface area (TPSA) is 61.4 Å². The van der Waals surface area contributed by atoms with Crippen LogP contribution < -0.4 is 10.6 Å². The summed E-state index contributed by atoms with van der Waals surface area (Å²) in [6, 6.07) is 3.55. The van der Waals surface area contributed by atoms with Gasteiger partial charge in [0, 0.05) is 12.2 Å². The molecule has 1 saturated heterocycles. The molecule has 1 aromatic carbocycles. The molecule has 1 aromatic rings. The van der Waals surface area contributed by atoms with Crippen LogP contribution in [0, 0.1) is 5.82 Å². The van der Waals surface area contributed by atoms with Gasteiger partial charge in [0.25, 0.3) is 0 Å². The van der Waals surface area contributed by atoms with Gasteiger partial charge in [-0.2, -0.15) is 0 Å². The van der Waals surface area contributed by atoms with Gasteiger partial charge in [0.1, 0.15) is 5.82 Å². The molecule has 2 unspecified atom stereocenters. The van der Waals surface area contributed by atoms with Crippen LogP contribution in [0.1, 0.15) is 6.42 Å². The Morgan fingerprint density at radius 1 is 1.59 bits per heavy atom. The second-order valence-corrected chi connectivity index (χ2v) is 4.38. The number of carbonyl (C=O) groups excluding carboxylic acids is 1. The van der Waals surface area contributed by atoms with E-state index < -0.39 is 18.0 Å². The highest BCUT2D eigenvalue weighted by molar-refractivity contribution is 6.31. The van der Waals surface area contributed by atoms with Crippen LogP contribution in [0.5, 0.6) is 0 Å². The van der Waals surface area contributed by atoms with Crippen molar-refractivity contribution in [3.8, 4) is 0 Å². The van der Waals surface area contributed by atoms with Crippen molar-refractivity contribution < 1.29 is 14.3 Å². The summed E-state index contributed by atoms with van der Waals surface area (Å²) in [5.74, 6) is -0.789. The number of carbonyl (C=O) groups is 1. The molecule has 0 radical (unpaired) electrons. The summed E-state index contributed by atoms with van der Waals surface area (Å²) in [6.45, 7) is 0.405. The van der Waals surface area contributed by atoms with Gasteiger partial charge in [-0.05, 0) is 24.6 Å². The molecule has 4 nitrogen and oxygen atoms in total. The maximum atomic E-state index is 12.9. The summed E-state index contributed by atoms with van der Waals surface area (Å²) in [7, 11) is 0. The lowest BCUT2D eigenvalue weighted by atomic mass is 10.2. The van der Waals surface area contributed by atoms with Gasteiger partial charge in [-0.3, -0.25) is 4.79 Å². The lowest BCUT2D eigenvalue weighted by Crippen LogP contribution is -2.35. The zero-order valence-electron chi connectivity index (χ0n) is 8.91. The molecule has 6 heteroatoms. The number of aliphatic hydroxyl groups excluding tert-OH is 1. The first-order valence-corrected chi connectivity index (χ1v) is 5.61. The highest BCUT2D eigenvalue weighted by Gasteiger charge is 2.27. The molecule has 0 spiro atoms. The minimum absolute atomic E-state index is 0.0396. The lowest BCUT2D eigenvalue weighted by molar-refractivity contribution is -0.117. The van der Waals surface area contributed by atoms with Gasteiger partial charge in [-0.15, -0.1) is 0 Å². The monoisotopic (exact) mass is 258 g/mol. The number of amides is 1. The third-order valence-electron chi connectivity index (χ3n) is 2.61. The summed E-state index contributed by atoms with van der Waals surface area (Å²) in [6.07, 6.45) is -0.122. The number of aliphatic hydroxyl groups is 1. The number of hydrogen-bond donors (Lipinski definition) is 3. The normalized spacial score (nSPS) is 23.7. The van der Waals surface area contributed by atoms with Crippen LogP contribution in [-0.2, 0) is 4.79 Å². The van der Waals surface area contributed by atoms with Crippen molar-refractivity contribution in [1.29, 1.82) is 0 Å². The molecule has 0 aliphatic carbocycles. The van der Waals surface area contributed by atoms with Crippen LogP contribution >= 0.6 is 11.6 Å². The van der Waals surface area contributed by atoms with E-state index in [4.69, 9.17) is 11.6 Å². The van der Waals surface area contributed by atoms with E-state index in [1.807, 2.05) is 0 Å². The Hall–Kier alpha value is -1.17. The first kappa shape index (κ1) is 12.3. The maximum absolute atomic E-state index is 12.9. The zero-order chi connectivity index (χ0) is 12.4. The zero-order valence-corrected chi connectivity index (χ0v) is 9.67. The molecular weight excluding hydrogens is 247 g/mol. The van der Waals surface area contributed by atoms with E-state index in [1.54, 1.807) is 0 Å². The summed E-state index contributed by atoms with van der Waals surface area (Å²) >= 11 is 5.60. The average Bonchev–Trinajstić information content (AvgIpc) is 2.70. The largest absolute Gasteiger partial charge is 0.392 e. The Morgan fingerprint density at radius 2 is 2.35 bits per heavy atom. The van der Waals surface area contributed by atoms with E-state index in [0.29, 0.717) is 18.7 Å². The van der Waals surface area contributed by atoms with Crippen LogP contribution in [0.4, 0.5) is 10.1 Å². The summed E-state index contributed by atoms with van der Waals surface area (Å²) in [5.41, 5.74) is 0.435. The Kier molecular flexibility index (Phi) is 3.61. The number of β-amino-alcohol motifs (C(OH)–C–C–N with tert-alkyl or cyclic N) is 1. The fourth-order valence-corrected chi connectivity index (χ4v) is 1.90. The van der Waals surface area contributed by atoms with Crippen LogP contribution in [0.25, 0.3) is 0 Å². The van der Waals surface area contributed by atoms with E-state index in [0.717, 1.165) is 0 Å². The molecular formula is C11H12ClFN2O2. The first-order valence-electron chi connectivity index (χ1n) is 5.23. The second kappa shape index (κ2) is 5.00. The molecule has 3 N–H and O–H groups in total. The van der Waals surface area contributed by atoms with Gasteiger partial charge in [0.05, 0.1) is 17.2 Å². The molecule has 2 atom stereocenters. The molecule has 1 aliphatic rings. The molecule has 2 rings (SSSR count). The van der Waals surface area contributed by atoms with Crippen molar-refractivity contribution >= 4 is 23.2 Å². The van der Waals surface area contributed by atoms with Crippen molar-refractivity contribution in [3.63, 3.8) is 0 Å². The minimum Gasteiger partial charge on any atom is -0.392 e. The number of nitrogens with one attached hydrogen (secondary N) is 2. The molecule has 0 aromatic heterocycles. The molecule has 1 heterocycles. The van der Waals surface area contributed by atoms with Crippen LogP contribution in [0.3, 0.4) is 0 Å². The fraction of sp³-hybridized carbons (Fsp3) is 0.364. The maximum Gasteiger partial charge on any atom is 0.241 e. The molecule has 92 valence electrons. The molecule has 17 heavy (non-hydrogen) atoms. The van der Waals surface area contributed by atoms with E-state index in [-0.39, 0.29) is 10.9 Å². The van der Waals surface area contributed by atoms with Crippen molar-refractivity contribution in [2.24, 2.45) is 0 Å². The number of hydrogen-bond acceptors (Lipinski definition) is 3. The van der Waals surface area contributed by atoms with Gasteiger partial charge in [0.2, 0.25) is 5.91 Å². The SMILES string of the molecule is O=C(Nc1ccc(F)c(Cl)c1)C1CC(O)CN1. The highest BCUT2D eigenvalue weighted by atomic mass is 35.5. The van der Waals surface area contributed by atoms with E-state index in [9.17, 15) is 14.3 Å². The van der Waals surface area contributed by atoms with E-state index >= 15 is 0 Å². The summed E-state index contributed by atoms with van der Waals surface area (Å²) < 4.78 is 12.9. The third-order valence-corrected chi connectivity index (χ3v) is 2.90. The Balaban J connectivity index is 2.00. The Morgan fingerprint density at radius 3 is 2.94 bits per heavy atom. The van der Waals surface area contributed by atoms with Crippen molar-refractivity contribution in [2.75, 3.05) is 11.9 Å². The van der Waals surface area contributed by atoms with E-state index in [1.165, 1.54) is 18.2 Å². The molecule has 1 amide bonds. The molecule has 1 fully saturated rings. The molecule has 0 bridgehead atoms. The van der Waals surface area contributed by atoms with Crippen molar-refractivity contribution in [3.05, 3.63) is 29.0 Å². The van der Waals surface area contributed by atoms with Crippen molar-refractivity contribution in [2.45, 2.75) is 18.6 Å². The Bertz CT molecular complexity index is 441. The second-order valence-electron chi connectivity index (χ2n) is 3.97. The number of rotatable bonds is 2. The summed E-state index contributed by atoms with van der Waals surface area (Å²) in [5, 5.41) is 14.7. The smallest absolute Gasteiger partial charge is 0.241 e.